The average Bonchev–Trinajstić information content (AvgIpc) is 2.75. The number of rotatable bonds is 2. The second-order valence-corrected chi connectivity index (χ2v) is 6.06. The molecule has 0 bridgehead atoms. The van der Waals surface area contributed by atoms with E-state index in [1.54, 1.807) is 0 Å². The van der Waals surface area contributed by atoms with Gasteiger partial charge in [0.1, 0.15) is 0 Å². The van der Waals surface area contributed by atoms with E-state index in [9.17, 15) is 4.79 Å². The minimum atomic E-state index is -0.544. The Bertz CT molecular complexity index is 492. The number of carbonyl (C=O) groups is 1. The van der Waals surface area contributed by atoms with E-state index >= 15 is 0 Å². The van der Waals surface area contributed by atoms with E-state index in [0.717, 1.165) is 31.4 Å². The predicted octanol–water partition coefficient (Wildman–Crippen LogP) is 3.54. The van der Waals surface area contributed by atoms with Crippen LogP contribution >= 0.6 is 11.8 Å². The standard InChI is InChI=1S/C15H17NO2S/c17-13-15(9-5-2-6-10-15)16-14(18-13)19-11-12-7-3-1-4-8-12/h1,3-4,7-8H,2,5-6,9-11H2. The summed E-state index contributed by atoms with van der Waals surface area (Å²) in [7, 11) is 0. The van der Waals surface area contributed by atoms with E-state index in [0.29, 0.717) is 5.23 Å². The fraction of sp³-hybridized carbons (Fsp3) is 0.467. The molecule has 1 aromatic rings. The Morgan fingerprint density at radius 2 is 1.89 bits per heavy atom. The summed E-state index contributed by atoms with van der Waals surface area (Å²) in [6, 6.07) is 10.2. The maximum Gasteiger partial charge on any atom is 0.341 e. The Labute approximate surface area is 117 Å². The number of hydrogen-bond acceptors (Lipinski definition) is 4. The summed E-state index contributed by atoms with van der Waals surface area (Å²) in [5.74, 6) is 0.658. The maximum absolute atomic E-state index is 12.0. The number of nitrogens with zero attached hydrogens (tertiary/aromatic N) is 1. The van der Waals surface area contributed by atoms with Gasteiger partial charge in [-0.15, -0.1) is 0 Å². The molecule has 1 aliphatic heterocycles. The molecule has 100 valence electrons. The molecule has 1 fully saturated rings. The molecule has 19 heavy (non-hydrogen) atoms. The zero-order valence-corrected chi connectivity index (χ0v) is 11.6. The second-order valence-electron chi connectivity index (χ2n) is 5.13. The van der Waals surface area contributed by atoms with Crippen molar-refractivity contribution in [2.75, 3.05) is 0 Å². The van der Waals surface area contributed by atoms with Crippen LogP contribution in [0.25, 0.3) is 0 Å². The van der Waals surface area contributed by atoms with Gasteiger partial charge in [-0.05, 0) is 18.4 Å². The number of esters is 1. The highest BCUT2D eigenvalue weighted by molar-refractivity contribution is 8.12. The molecular weight excluding hydrogens is 258 g/mol. The van der Waals surface area contributed by atoms with Gasteiger partial charge in [-0.3, -0.25) is 0 Å². The second kappa shape index (κ2) is 5.37. The topological polar surface area (TPSA) is 38.7 Å². The Hall–Kier alpha value is -1.29. The quantitative estimate of drug-likeness (QED) is 0.775. The molecule has 4 heteroatoms. The van der Waals surface area contributed by atoms with Gasteiger partial charge in [0.2, 0.25) is 0 Å². The molecule has 3 rings (SSSR count). The lowest BCUT2D eigenvalue weighted by atomic mass is 9.83. The van der Waals surface area contributed by atoms with E-state index in [-0.39, 0.29) is 5.97 Å². The van der Waals surface area contributed by atoms with Gasteiger partial charge in [-0.1, -0.05) is 61.4 Å². The van der Waals surface area contributed by atoms with Crippen LogP contribution in [-0.4, -0.2) is 16.7 Å². The number of ether oxygens (including phenoxy) is 1. The number of benzene rings is 1. The minimum Gasteiger partial charge on any atom is -0.400 e. The Morgan fingerprint density at radius 1 is 1.16 bits per heavy atom. The molecule has 1 aromatic carbocycles. The first-order chi connectivity index (χ1) is 9.28. The normalized spacial score (nSPS) is 21.3. The molecule has 1 heterocycles. The predicted molar refractivity (Wildman–Crippen MR) is 77.1 cm³/mol. The number of aliphatic imine (C=N–C) groups is 1. The van der Waals surface area contributed by atoms with Crippen molar-refractivity contribution < 1.29 is 9.53 Å². The van der Waals surface area contributed by atoms with Crippen LogP contribution in [0.5, 0.6) is 0 Å². The van der Waals surface area contributed by atoms with Crippen LogP contribution in [0, 0.1) is 0 Å². The summed E-state index contributed by atoms with van der Waals surface area (Å²) in [6.45, 7) is 0. The van der Waals surface area contributed by atoms with Crippen LogP contribution in [0.2, 0.25) is 0 Å². The van der Waals surface area contributed by atoms with E-state index < -0.39 is 5.54 Å². The number of hydrogen-bond donors (Lipinski definition) is 0. The smallest absolute Gasteiger partial charge is 0.341 e. The van der Waals surface area contributed by atoms with Crippen molar-refractivity contribution in [3.05, 3.63) is 35.9 Å². The summed E-state index contributed by atoms with van der Waals surface area (Å²) in [4.78, 5) is 16.6. The Kier molecular flexibility index (Phi) is 3.60. The molecule has 0 unspecified atom stereocenters. The monoisotopic (exact) mass is 275 g/mol. The van der Waals surface area contributed by atoms with Crippen LogP contribution in [0.15, 0.2) is 35.3 Å². The van der Waals surface area contributed by atoms with Crippen LogP contribution in [0.4, 0.5) is 0 Å². The lowest BCUT2D eigenvalue weighted by Crippen LogP contribution is -2.35. The molecule has 0 N–H and O–H groups in total. The van der Waals surface area contributed by atoms with Crippen molar-refractivity contribution in [2.24, 2.45) is 4.99 Å². The SMILES string of the molecule is O=C1OC(SCc2ccccc2)=NC12CCCCC2. The molecule has 0 aromatic heterocycles. The molecule has 1 aliphatic carbocycles. The Balaban J connectivity index is 1.66. The van der Waals surface area contributed by atoms with Crippen molar-refractivity contribution in [1.82, 2.24) is 0 Å². The highest BCUT2D eigenvalue weighted by atomic mass is 32.2. The van der Waals surface area contributed by atoms with E-state index in [1.165, 1.54) is 23.7 Å². The summed E-state index contributed by atoms with van der Waals surface area (Å²) in [6.07, 6.45) is 5.06. The molecular formula is C15H17NO2S. The van der Waals surface area contributed by atoms with E-state index in [4.69, 9.17) is 4.74 Å². The van der Waals surface area contributed by atoms with Crippen LogP contribution in [0.1, 0.15) is 37.7 Å². The first kappa shape index (κ1) is 12.7. The van der Waals surface area contributed by atoms with Crippen molar-refractivity contribution in [3.63, 3.8) is 0 Å². The molecule has 1 spiro atoms. The zero-order chi connectivity index (χ0) is 13.1. The van der Waals surface area contributed by atoms with Gasteiger partial charge < -0.3 is 4.74 Å². The maximum atomic E-state index is 12.0. The highest BCUT2D eigenvalue weighted by Crippen LogP contribution is 2.38. The van der Waals surface area contributed by atoms with Gasteiger partial charge >= 0.3 is 5.97 Å². The van der Waals surface area contributed by atoms with Crippen LogP contribution in [0.3, 0.4) is 0 Å². The van der Waals surface area contributed by atoms with Gasteiger partial charge in [0, 0.05) is 5.75 Å². The number of thioether (sulfide) groups is 1. The van der Waals surface area contributed by atoms with Gasteiger partial charge in [-0.25, -0.2) is 9.79 Å². The van der Waals surface area contributed by atoms with Gasteiger partial charge in [0.25, 0.3) is 5.23 Å². The van der Waals surface area contributed by atoms with Gasteiger partial charge in [0.05, 0.1) is 0 Å². The van der Waals surface area contributed by atoms with Crippen molar-refractivity contribution in [3.8, 4) is 0 Å². The van der Waals surface area contributed by atoms with Crippen LogP contribution < -0.4 is 0 Å². The molecule has 3 nitrogen and oxygen atoms in total. The summed E-state index contributed by atoms with van der Waals surface area (Å²) >= 11 is 1.52. The lowest BCUT2D eigenvalue weighted by molar-refractivity contribution is -0.139. The first-order valence-electron chi connectivity index (χ1n) is 6.77. The zero-order valence-electron chi connectivity index (χ0n) is 10.8. The Morgan fingerprint density at radius 3 is 2.63 bits per heavy atom. The third kappa shape index (κ3) is 2.68. The van der Waals surface area contributed by atoms with E-state index in [1.807, 2.05) is 18.2 Å². The highest BCUT2D eigenvalue weighted by Gasteiger charge is 2.46. The molecule has 2 aliphatic rings. The average molecular weight is 275 g/mol. The summed E-state index contributed by atoms with van der Waals surface area (Å²) in [5, 5.41) is 0.552. The molecule has 0 radical (unpaired) electrons. The molecule has 1 saturated carbocycles. The van der Waals surface area contributed by atoms with Gasteiger partial charge in [-0.2, -0.15) is 0 Å². The first-order valence-corrected chi connectivity index (χ1v) is 7.76. The largest absolute Gasteiger partial charge is 0.400 e. The fourth-order valence-electron chi connectivity index (χ4n) is 2.65. The number of cyclic esters (lactones) is 1. The third-order valence-corrected chi connectivity index (χ3v) is 4.65. The summed E-state index contributed by atoms with van der Waals surface area (Å²) in [5.41, 5.74) is 0.674. The van der Waals surface area contributed by atoms with Crippen molar-refractivity contribution in [2.45, 2.75) is 43.4 Å². The summed E-state index contributed by atoms with van der Waals surface area (Å²) < 4.78 is 5.35. The fourth-order valence-corrected chi connectivity index (χ4v) is 3.51. The molecule has 0 atom stereocenters. The van der Waals surface area contributed by atoms with E-state index in [2.05, 4.69) is 17.1 Å². The van der Waals surface area contributed by atoms with Crippen molar-refractivity contribution in [1.29, 1.82) is 0 Å². The third-order valence-electron chi connectivity index (χ3n) is 3.75. The minimum absolute atomic E-state index is 0.136. The van der Waals surface area contributed by atoms with Crippen molar-refractivity contribution >= 4 is 23.0 Å². The van der Waals surface area contributed by atoms with Gasteiger partial charge in [0.15, 0.2) is 5.54 Å². The van der Waals surface area contributed by atoms with Crippen LogP contribution in [-0.2, 0) is 15.3 Å². The molecule has 0 amide bonds. The number of carbonyl (C=O) groups excluding carboxylic acids is 1. The lowest BCUT2D eigenvalue weighted by Gasteiger charge is -2.25. The molecule has 0 saturated heterocycles.